The summed E-state index contributed by atoms with van der Waals surface area (Å²) < 4.78 is 23.6. The fraction of sp³-hybridized carbons (Fsp3) is 0.347. The number of anilines is 2. The van der Waals surface area contributed by atoms with Gasteiger partial charge in [-0.1, -0.05) is 29.8 Å². The quantitative estimate of drug-likeness (QED) is 0.0614. The third-order valence-electron chi connectivity index (χ3n) is 11.0. The van der Waals surface area contributed by atoms with Crippen molar-refractivity contribution in [1.29, 1.82) is 0 Å². The molecule has 2 amide bonds. The number of imidazole rings is 2. The number of ether oxygens (including phenoxy) is 1. The van der Waals surface area contributed by atoms with Gasteiger partial charge in [-0.05, 0) is 127 Å². The van der Waals surface area contributed by atoms with Crippen molar-refractivity contribution in [2.75, 3.05) is 23.7 Å². The zero-order chi connectivity index (χ0) is 47.1. The lowest BCUT2D eigenvalue weighted by Gasteiger charge is -2.19. The Hall–Kier alpha value is -6.62. The van der Waals surface area contributed by atoms with Crippen LogP contribution in [0.3, 0.4) is 0 Å². The van der Waals surface area contributed by atoms with Gasteiger partial charge in [0.1, 0.15) is 0 Å². The molecule has 9 rings (SSSR count). The van der Waals surface area contributed by atoms with Crippen molar-refractivity contribution >= 4 is 46.1 Å². The van der Waals surface area contributed by atoms with E-state index < -0.39 is 17.0 Å². The summed E-state index contributed by atoms with van der Waals surface area (Å²) in [6.07, 6.45) is 7.58. The number of nitrogens with zero attached hydrogens (tertiary/aromatic N) is 6. The second kappa shape index (κ2) is 18.3. The molecule has 4 aromatic heterocycles. The molecule has 2 saturated carbocycles. The van der Waals surface area contributed by atoms with Gasteiger partial charge in [-0.2, -0.15) is 5.10 Å². The number of aliphatic hydroxyl groups is 2. The Kier molecular flexibility index (Phi) is 12.8. The van der Waals surface area contributed by atoms with Crippen molar-refractivity contribution in [1.82, 2.24) is 39.8 Å². The lowest BCUT2D eigenvalue weighted by molar-refractivity contribution is 0.0939. The van der Waals surface area contributed by atoms with Crippen LogP contribution in [-0.4, -0.2) is 87.6 Å². The van der Waals surface area contributed by atoms with Gasteiger partial charge in [0, 0.05) is 59.6 Å². The summed E-state index contributed by atoms with van der Waals surface area (Å²) in [5, 5.41) is 42.0. The van der Waals surface area contributed by atoms with E-state index in [9.17, 15) is 24.2 Å². The van der Waals surface area contributed by atoms with Crippen molar-refractivity contribution in [3.63, 3.8) is 0 Å². The van der Waals surface area contributed by atoms with E-state index >= 15 is 0 Å². The van der Waals surface area contributed by atoms with E-state index in [1.165, 1.54) is 6.07 Å². The highest BCUT2D eigenvalue weighted by molar-refractivity contribution is 6.29. The Bertz CT molecular complexity index is 2970. The molecule has 0 bridgehead atoms. The summed E-state index contributed by atoms with van der Waals surface area (Å²) in [6.45, 7) is 13.1. The van der Waals surface area contributed by atoms with E-state index in [2.05, 4.69) is 41.4 Å². The van der Waals surface area contributed by atoms with Crippen LogP contribution < -0.4 is 26.0 Å². The molecule has 66 heavy (non-hydrogen) atoms. The van der Waals surface area contributed by atoms with E-state index in [4.69, 9.17) is 16.3 Å². The van der Waals surface area contributed by atoms with Crippen LogP contribution in [0.15, 0.2) is 79.1 Å². The third-order valence-corrected chi connectivity index (χ3v) is 11.2. The summed E-state index contributed by atoms with van der Waals surface area (Å²) in [5.74, 6) is -0.388. The molecule has 344 valence electrons. The average molecular weight is 917 g/mol. The molecular weight excluding hydrogens is 863 g/mol. The first kappa shape index (κ1) is 45.9. The SMILES string of the molecule is Cc1cc(-c2cnc3c(NCC(C)(C)O)cc(Cl)nn23)ccc1C(=O)NC1CC1.Cc1ccc(F)c(Oc2cc(NCC(C)(C)O)c3ncc(-c4ccc(C(=O)NC5CC5)c(C)c4)n3n2)c1. The van der Waals surface area contributed by atoms with Gasteiger partial charge in [0.05, 0.1) is 46.4 Å². The van der Waals surface area contributed by atoms with Gasteiger partial charge in [-0.25, -0.2) is 23.4 Å². The highest BCUT2D eigenvalue weighted by Gasteiger charge is 2.26. The molecule has 17 heteroatoms. The maximum Gasteiger partial charge on any atom is 0.251 e. The number of halogens is 2. The number of nitrogens with one attached hydrogen (secondary N) is 4. The van der Waals surface area contributed by atoms with Gasteiger partial charge in [-0.15, -0.1) is 5.10 Å². The summed E-state index contributed by atoms with van der Waals surface area (Å²) in [7, 11) is 0. The number of benzene rings is 3. The normalized spacial score (nSPS) is 13.9. The molecule has 0 aliphatic heterocycles. The lowest BCUT2D eigenvalue weighted by atomic mass is 10.0. The molecular formula is C49H54ClFN10O5. The van der Waals surface area contributed by atoms with Gasteiger partial charge >= 0.3 is 0 Å². The molecule has 15 nitrogen and oxygen atoms in total. The lowest BCUT2D eigenvalue weighted by Crippen LogP contribution is -2.29. The van der Waals surface area contributed by atoms with Crippen LogP contribution in [0.1, 0.15) is 90.8 Å². The fourth-order valence-electron chi connectivity index (χ4n) is 7.15. The molecule has 0 atom stereocenters. The zero-order valence-corrected chi connectivity index (χ0v) is 38.7. The summed E-state index contributed by atoms with van der Waals surface area (Å²) in [6, 6.07) is 19.8. The largest absolute Gasteiger partial charge is 0.434 e. The van der Waals surface area contributed by atoms with Crippen LogP contribution in [-0.2, 0) is 0 Å². The molecule has 2 fully saturated rings. The average Bonchev–Trinajstić information content (AvgIpc) is 4.16. The van der Waals surface area contributed by atoms with Crippen LogP contribution in [0.4, 0.5) is 15.8 Å². The van der Waals surface area contributed by atoms with Gasteiger partial charge in [-0.3, -0.25) is 9.59 Å². The minimum Gasteiger partial charge on any atom is -0.434 e. The number of aromatic nitrogens is 6. The second-order valence-corrected chi connectivity index (χ2v) is 18.8. The maximum atomic E-state index is 14.4. The second-order valence-electron chi connectivity index (χ2n) is 18.5. The van der Waals surface area contributed by atoms with E-state index in [-0.39, 0.29) is 36.0 Å². The fourth-order valence-corrected chi connectivity index (χ4v) is 7.33. The zero-order valence-electron chi connectivity index (χ0n) is 38.0. The van der Waals surface area contributed by atoms with Gasteiger partial charge < -0.3 is 36.2 Å². The number of carbonyl (C=O) groups is 2. The Labute approximate surface area is 386 Å². The number of hydrogen-bond donors (Lipinski definition) is 6. The molecule has 4 heterocycles. The first-order valence-electron chi connectivity index (χ1n) is 21.9. The first-order chi connectivity index (χ1) is 31.3. The molecule has 0 saturated heterocycles. The Balaban J connectivity index is 0.000000185. The van der Waals surface area contributed by atoms with Crippen LogP contribution >= 0.6 is 11.6 Å². The summed E-state index contributed by atoms with van der Waals surface area (Å²) in [5.41, 5.74) is 7.56. The minimum atomic E-state index is -0.979. The highest BCUT2D eigenvalue weighted by atomic mass is 35.5. The van der Waals surface area contributed by atoms with E-state index in [0.717, 1.165) is 59.2 Å². The molecule has 6 N–H and O–H groups in total. The van der Waals surface area contributed by atoms with E-state index in [0.29, 0.717) is 57.2 Å². The number of fused-ring (bicyclic) bond motifs is 2. The number of carbonyl (C=O) groups excluding carboxylic acids is 2. The smallest absolute Gasteiger partial charge is 0.251 e. The topological polar surface area (TPSA) is 192 Å². The molecule has 0 spiro atoms. The molecule has 7 aromatic rings. The molecule has 2 aliphatic rings. The number of hydrogen-bond acceptors (Lipinski definition) is 11. The minimum absolute atomic E-state index is 0.0334. The third kappa shape index (κ3) is 11.1. The van der Waals surface area contributed by atoms with Gasteiger partial charge in [0.25, 0.3) is 11.8 Å². The van der Waals surface area contributed by atoms with Crippen LogP contribution in [0, 0.1) is 26.6 Å². The van der Waals surface area contributed by atoms with Crippen LogP contribution in [0.2, 0.25) is 5.15 Å². The monoisotopic (exact) mass is 916 g/mol. The number of rotatable bonds is 14. The Morgan fingerprint density at radius 3 is 1.67 bits per heavy atom. The summed E-state index contributed by atoms with van der Waals surface area (Å²) in [4.78, 5) is 34.0. The molecule has 2 aliphatic carbocycles. The number of amides is 2. The van der Waals surface area contributed by atoms with Crippen LogP contribution in [0.5, 0.6) is 11.6 Å². The first-order valence-corrected chi connectivity index (χ1v) is 22.3. The maximum absolute atomic E-state index is 14.4. The van der Waals surface area contributed by atoms with Crippen molar-refractivity contribution in [2.24, 2.45) is 0 Å². The molecule has 0 radical (unpaired) electrons. The predicted octanol–water partition coefficient (Wildman–Crippen LogP) is 8.45. The predicted molar refractivity (Wildman–Crippen MR) is 253 cm³/mol. The highest BCUT2D eigenvalue weighted by Crippen LogP contribution is 2.33. The van der Waals surface area contributed by atoms with Crippen molar-refractivity contribution in [3.05, 3.63) is 118 Å². The molecule has 0 unspecified atom stereocenters. The number of aryl methyl sites for hydroxylation is 3. The van der Waals surface area contributed by atoms with Crippen molar-refractivity contribution < 1.29 is 28.9 Å². The van der Waals surface area contributed by atoms with Gasteiger partial charge in [0.2, 0.25) is 5.88 Å². The van der Waals surface area contributed by atoms with Crippen molar-refractivity contribution in [3.8, 4) is 34.1 Å². The van der Waals surface area contributed by atoms with E-state index in [1.54, 1.807) is 79.5 Å². The Morgan fingerprint density at radius 1 is 0.712 bits per heavy atom. The Morgan fingerprint density at radius 2 is 1.20 bits per heavy atom. The molecule has 3 aromatic carbocycles. The van der Waals surface area contributed by atoms with Crippen LogP contribution in [0.25, 0.3) is 33.8 Å². The van der Waals surface area contributed by atoms with Crippen molar-refractivity contribution in [2.45, 2.75) is 97.4 Å². The summed E-state index contributed by atoms with van der Waals surface area (Å²) >= 11 is 6.23. The van der Waals surface area contributed by atoms with Gasteiger partial charge in [0.15, 0.2) is 28.0 Å². The standard InChI is InChI=1S/C28H30FN5O3.C21H24ClN5O2/c1-16-5-10-21(29)24(11-16)37-25-13-22(31-15-28(3,4)36)26-30-14-23(34(26)33-25)18-6-9-20(17(2)12-18)27(35)32-19-7-8-19;1-12-8-13(4-7-15(12)20(28)25-14-5-6-14)17-10-23-19-16(24-11-21(2,3)29)9-18(22)26-27(17)19/h5-6,9-14,19,31,36H,7-8,15H2,1-4H3,(H,32,35);4,7-10,14,24,29H,5-6,11H2,1-3H3,(H,25,28). The van der Waals surface area contributed by atoms with E-state index in [1.807, 2.05) is 51.1 Å².